The van der Waals surface area contributed by atoms with E-state index in [1.54, 1.807) is 0 Å². The summed E-state index contributed by atoms with van der Waals surface area (Å²) in [7, 11) is 0. The van der Waals surface area contributed by atoms with Gasteiger partial charge < -0.3 is 5.11 Å². The molecule has 1 aliphatic heterocycles. The minimum Gasteiger partial charge on any atom is -0.382 e. The first-order chi connectivity index (χ1) is 6.63. The fourth-order valence-electron chi connectivity index (χ4n) is 1.68. The van der Waals surface area contributed by atoms with Crippen molar-refractivity contribution in [3.8, 4) is 0 Å². The normalized spacial score (nSPS) is 33.2. The molecule has 0 aromatic carbocycles. The Balaban J connectivity index is 2.29. The molecule has 14 heavy (non-hydrogen) atoms. The van der Waals surface area contributed by atoms with Crippen molar-refractivity contribution in [2.75, 3.05) is 5.75 Å². The molecule has 78 valence electrons. The van der Waals surface area contributed by atoms with Crippen LogP contribution in [-0.4, -0.2) is 21.1 Å². The highest BCUT2D eigenvalue weighted by molar-refractivity contribution is 9.10. The topological polar surface area (TPSA) is 33.1 Å². The molecular formula is C9H12BrNOS2. The first-order valence-corrected chi connectivity index (χ1v) is 7.30. The summed E-state index contributed by atoms with van der Waals surface area (Å²) in [5, 5.41) is 13.6. The van der Waals surface area contributed by atoms with Crippen molar-refractivity contribution in [3.05, 3.63) is 15.0 Å². The molecule has 1 aromatic rings. The second-order valence-corrected chi connectivity index (χ2v) is 6.64. The molecule has 1 N–H and O–H groups in total. The van der Waals surface area contributed by atoms with Crippen LogP contribution < -0.4 is 0 Å². The van der Waals surface area contributed by atoms with Gasteiger partial charge in [0.15, 0.2) is 0 Å². The number of hydrogen-bond donors (Lipinski definition) is 1. The number of hydrogen-bond acceptors (Lipinski definition) is 4. The largest absolute Gasteiger partial charge is 0.382 e. The molecule has 1 aliphatic rings. The Bertz CT molecular complexity index is 330. The highest BCUT2D eigenvalue weighted by Crippen LogP contribution is 2.42. The fourth-order valence-corrected chi connectivity index (χ4v) is 4.39. The molecule has 1 saturated heterocycles. The third-order valence-corrected chi connectivity index (χ3v) is 5.72. The molecule has 2 atom stereocenters. The zero-order valence-electron chi connectivity index (χ0n) is 7.86. The molecule has 5 heteroatoms. The van der Waals surface area contributed by atoms with Crippen molar-refractivity contribution in [2.24, 2.45) is 0 Å². The van der Waals surface area contributed by atoms with Gasteiger partial charge in [-0.3, -0.25) is 0 Å². The Morgan fingerprint density at radius 2 is 2.50 bits per heavy atom. The summed E-state index contributed by atoms with van der Waals surface area (Å²) in [6, 6.07) is 0. The average molecular weight is 294 g/mol. The molecule has 2 heterocycles. The highest BCUT2D eigenvalue weighted by atomic mass is 79.9. The summed E-state index contributed by atoms with van der Waals surface area (Å²) in [6.07, 6.45) is 1.91. The fraction of sp³-hybridized carbons (Fsp3) is 0.667. The van der Waals surface area contributed by atoms with E-state index >= 15 is 0 Å². The lowest BCUT2D eigenvalue weighted by molar-refractivity contribution is 0.0251. The third-order valence-electron chi connectivity index (χ3n) is 2.59. The van der Waals surface area contributed by atoms with Crippen molar-refractivity contribution in [2.45, 2.75) is 30.6 Å². The first-order valence-electron chi connectivity index (χ1n) is 4.58. The van der Waals surface area contributed by atoms with Gasteiger partial charge in [-0.1, -0.05) is 6.92 Å². The number of aliphatic hydroxyl groups is 1. The summed E-state index contributed by atoms with van der Waals surface area (Å²) in [5.41, 5.74) is -0.709. The average Bonchev–Trinajstić information content (AvgIpc) is 2.58. The maximum atomic E-state index is 10.5. The Kier molecular flexibility index (Phi) is 3.21. The maximum absolute atomic E-state index is 10.5. The van der Waals surface area contributed by atoms with Crippen molar-refractivity contribution in [3.63, 3.8) is 0 Å². The van der Waals surface area contributed by atoms with Crippen molar-refractivity contribution in [1.82, 2.24) is 4.98 Å². The summed E-state index contributed by atoms with van der Waals surface area (Å²) in [4.78, 5) is 4.33. The Hall–Kier alpha value is 0.420. The van der Waals surface area contributed by atoms with Crippen LogP contribution in [0.25, 0.3) is 0 Å². The van der Waals surface area contributed by atoms with Gasteiger partial charge in [0.05, 0.1) is 0 Å². The molecule has 0 radical (unpaired) electrons. The number of thiazole rings is 1. The predicted molar refractivity (Wildman–Crippen MR) is 64.9 cm³/mol. The van der Waals surface area contributed by atoms with E-state index in [2.05, 4.69) is 27.8 Å². The van der Waals surface area contributed by atoms with E-state index in [4.69, 9.17) is 0 Å². The molecule has 0 aliphatic carbocycles. The molecule has 0 saturated carbocycles. The van der Waals surface area contributed by atoms with E-state index in [0.29, 0.717) is 0 Å². The minimum absolute atomic E-state index is 0.245. The molecule has 1 aromatic heterocycles. The van der Waals surface area contributed by atoms with Crippen LogP contribution in [0.4, 0.5) is 0 Å². The maximum Gasteiger partial charge on any atom is 0.128 e. The van der Waals surface area contributed by atoms with Gasteiger partial charge in [0.25, 0.3) is 0 Å². The third kappa shape index (κ3) is 1.87. The van der Waals surface area contributed by atoms with E-state index in [1.807, 2.05) is 17.1 Å². The predicted octanol–water partition coefficient (Wildman–Crippen LogP) is 3.01. The number of aromatic nitrogens is 1. The number of thioether (sulfide) groups is 1. The second-order valence-electron chi connectivity index (χ2n) is 3.52. The van der Waals surface area contributed by atoms with Crippen LogP contribution in [0.15, 0.2) is 9.98 Å². The van der Waals surface area contributed by atoms with E-state index in [0.717, 1.165) is 28.2 Å². The summed E-state index contributed by atoms with van der Waals surface area (Å²) >= 11 is 6.69. The SMILES string of the molecule is CC1SCCCC1(O)c1nc(Br)cs1. The van der Waals surface area contributed by atoms with Crippen molar-refractivity contribution < 1.29 is 5.11 Å². The molecule has 0 amide bonds. The van der Waals surface area contributed by atoms with Crippen LogP contribution in [0.2, 0.25) is 0 Å². The van der Waals surface area contributed by atoms with Crippen LogP contribution in [0.5, 0.6) is 0 Å². The van der Waals surface area contributed by atoms with Crippen LogP contribution in [0.3, 0.4) is 0 Å². The van der Waals surface area contributed by atoms with E-state index < -0.39 is 5.60 Å². The van der Waals surface area contributed by atoms with Gasteiger partial charge in [0.2, 0.25) is 0 Å². The van der Waals surface area contributed by atoms with Gasteiger partial charge in [-0.15, -0.1) is 11.3 Å². The summed E-state index contributed by atoms with van der Waals surface area (Å²) in [6.45, 7) is 2.08. The standard InChI is InChI=1S/C9H12BrNOS2/c1-6-9(12,3-2-4-13-6)8-11-7(10)5-14-8/h5-6,12H,2-4H2,1H3. The van der Waals surface area contributed by atoms with Gasteiger partial charge >= 0.3 is 0 Å². The highest BCUT2D eigenvalue weighted by Gasteiger charge is 2.40. The van der Waals surface area contributed by atoms with Crippen molar-refractivity contribution >= 4 is 39.0 Å². The first kappa shape index (κ1) is 10.9. The molecule has 0 bridgehead atoms. The van der Waals surface area contributed by atoms with Crippen molar-refractivity contribution in [1.29, 1.82) is 0 Å². The Morgan fingerprint density at radius 1 is 1.71 bits per heavy atom. The molecule has 2 rings (SSSR count). The Labute approximate surface area is 100 Å². The summed E-state index contributed by atoms with van der Waals surface area (Å²) in [5.74, 6) is 1.15. The number of rotatable bonds is 1. The van der Waals surface area contributed by atoms with Crippen LogP contribution in [0, 0.1) is 0 Å². The lowest BCUT2D eigenvalue weighted by Gasteiger charge is -2.35. The zero-order valence-corrected chi connectivity index (χ0v) is 11.1. The van der Waals surface area contributed by atoms with Gasteiger partial charge in [-0.2, -0.15) is 11.8 Å². The lowest BCUT2D eigenvalue weighted by Crippen LogP contribution is -2.38. The molecule has 2 unspecified atom stereocenters. The van der Waals surface area contributed by atoms with Crippen LogP contribution >= 0.6 is 39.0 Å². The van der Waals surface area contributed by atoms with E-state index in [9.17, 15) is 5.11 Å². The summed E-state index contributed by atoms with van der Waals surface area (Å²) < 4.78 is 0.827. The second kappa shape index (κ2) is 4.12. The number of halogens is 1. The van der Waals surface area contributed by atoms with Crippen LogP contribution in [-0.2, 0) is 5.60 Å². The monoisotopic (exact) mass is 293 g/mol. The smallest absolute Gasteiger partial charge is 0.128 e. The van der Waals surface area contributed by atoms with E-state index in [1.165, 1.54) is 11.3 Å². The number of nitrogens with zero attached hydrogens (tertiary/aromatic N) is 1. The van der Waals surface area contributed by atoms with Gasteiger partial charge in [0, 0.05) is 10.6 Å². The lowest BCUT2D eigenvalue weighted by atomic mass is 9.95. The Morgan fingerprint density at radius 3 is 3.07 bits per heavy atom. The van der Waals surface area contributed by atoms with Crippen LogP contribution in [0.1, 0.15) is 24.8 Å². The molecular weight excluding hydrogens is 282 g/mol. The quantitative estimate of drug-likeness (QED) is 0.864. The molecule has 1 fully saturated rings. The van der Waals surface area contributed by atoms with Gasteiger partial charge in [-0.25, -0.2) is 4.98 Å². The molecule has 2 nitrogen and oxygen atoms in total. The zero-order chi connectivity index (χ0) is 10.2. The van der Waals surface area contributed by atoms with Gasteiger partial charge in [0.1, 0.15) is 15.2 Å². The minimum atomic E-state index is -0.709. The van der Waals surface area contributed by atoms with E-state index in [-0.39, 0.29) is 5.25 Å². The molecule has 0 spiro atoms. The van der Waals surface area contributed by atoms with Gasteiger partial charge in [-0.05, 0) is 34.5 Å².